The molecule has 2 heteroatoms. The molecule has 6 aromatic carbocycles. The zero-order valence-electron chi connectivity index (χ0n) is 24.6. The van der Waals surface area contributed by atoms with Crippen molar-refractivity contribution >= 4 is 32.7 Å². The summed E-state index contributed by atoms with van der Waals surface area (Å²) < 4.78 is 5.04. The summed E-state index contributed by atoms with van der Waals surface area (Å²) in [5.74, 6) is 0. The molecule has 8 aromatic rings. The molecule has 210 valence electrons. The molecule has 2 nitrogen and oxygen atoms in total. The monoisotopic (exact) mass is 564 g/mol. The summed E-state index contributed by atoms with van der Waals surface area (Å²) in [7, 11) is 0. The highest BCUT2D eigenvalue weighted by Crippen LogP contribution is 2.44. The quantitative estimate of drug-likeness (QED) is 0.201. The van der Waals surface area contributed by atoms with Crippen molar-refractivity contribution in [3.05, 3.63) is 157 Å². The molecule has 0 atom stereocenters. The van der Waals surface area contributed by atoms with Crippen LogP contribution >= 0.6 is 0 Å². The number of nitrogens with zero attached hydrogens (tertiary/aromatic N) is 2. The van der Waals surface area contributed by atoms with Gasteiger partial charge in [-0.25, -0.2) is 0 Å². The fourth-order valence-electron chi connectivity index (χ4n) is 7.58. The van der Waals surface area contributed by atoms with Gasteiger partial charge in [0, 0.05) is 33.2 Å². The Labute approximate surface area is 257 Å². The Morgan fingerprint density at radius 3 is 1.64 bits per heavy atom. The van der Waals surface area contributed by atoms with Crippen molar-refractivity contribution in [1.82, 2.24) is 9.13 Å². The fraction of sp³-hybridized carbons (Fsp3) is 0.0952. The summed E-state index contributed by atoms with van der Waals surface area (Å²) in [6, 6.07) is 53.2. The smallest absolute Gasteiger partial charge is 0.0548 e. The molecule has 0 N–H and O–H groups in total. The van der Waals surface area contributed by atoms with E-state index >= 15 is 0 Å². The summed E-state index contributed by atoms with van der Waals surface area (Å²) in [5.41, 5.74) is 14.3. The maximum atomic E-state index is 2.59. The van der Waals surface area contributed by atoms with Gasteiger partial charge in [-0.2, -0.15) is 0 Å². The van der Waals surface area contributed by atoms with Gasteiger partial charge in [0.1, 0.15) is 0 Å². The van der Waals surface area contributed by atoms with Gasteiger partial charge in [0.25, 0.3) is 0 Å². The van der Waals surface area contributed by atoms with Crippen molar-refractivity contribution in [1.29, 1.82) is 0 Å². The normalized spacial score (nSPS) is 13.1. The lowest BCUT2D eigenvalue weighted by atomic mass is 9.93. The molecule has 2 heterocycles. The van der Waals surface area contributed by atoms with Crippen molar-refractivity contribution < 1.29 is 0 Å². The molecule has 0 fully saturated rings. The minimum Gasteiger partial charge on any atom is -0.313 e. The fourth-order valence-corrected chi connectivity index (χ4v) is 7.58. The second kappa shape index (κ2) is 10.1. The molecular formula is C42H32N2. The molecule has 0 spiro atoms. The first kappa shape index (κ1) is 25.2. The van der Waals surface area contributed by atoms with Crippen LogP contribution in [0.3, 0.4) is 0 Å². The first-order chi connectivity index (χ1) is 21.8. The number of aryl methyl sites for hydroxylation is 1. The number of para-hydroxylation sites is 2. The molecule has 9 rings (SSSR count). The minimum atomic E-state index is 1.10. The first-order valence-corrected chi connectivity index (χ1v) is 15.8. The Balaban J connectivity index is 1.39. The van der Waals surface area contributed by atoms with Crippen LogP contribution in [-0.2, 0) is 12.8 Å². The third-order valence-electron chi connectivity index (χ3n) is 9.47. The molecule has 2 aromatic heterocycles. The zero-order valence-corrected chi connectivity index (χ0v) is 24.6. The molecule has 0 saturated carbocycles. The van der Waals surface area contributed by atoms with Gasteiger partial charge in [-0.3, -0.25) is 0 Å². The Bertz CT molecular complexity index is 2250. The van der Waals surface area contributed by atoms with Crippen LogP contribution in [0.4, 0.5) is 0 Å². The van der Waals surface area contributed by atoms with E-state index in [-0.39, 0.29) is 0 Å². The number of hydrogen-bond acceptors (Lipinski definition) is 0. The Hall–Kier alpha value is -5.34. The van der Waals surface area contributed by atoms with E-state index in [1.165, 1.54) is 90.4 Å². The van der Waals surface area contributed by atoms with Crippen LogP contribution in [0.5, 0.6) is 0 Å². The van der Waals surface area contributed by atoms with E-state index in [1.54, 1.807) is 0 Å². The van der Waals surface area contributed by atoms with Crippen molar-refractivity contribution in [3.63, 3.8) is 0 Å². The third-order valence-corrected chi connectivity index (χ3v) is 9.47. The second-order valence-electron chi connectivity index (χ2n) is 12.0. The first-order valence-electron chi connectivity index (χ1n) is 15.8. The van der Waals surface area contributed by atoms with Gasteiger partial charge in [-0.15, -0.1) is 0 Å². The van der Waals surface area contributed by atoms with Gasteiger partial charge in [-0.1, -0.05) is 97.1 Å². The number of aromatic nitrogens is 2. The van der Waals surface area contributed by atoms with Crippen LogP contribution in [0.1, 0.15) is 24.1 Å². The standard InChI is InChI=1S/C42H32N2/c1-4-14-29(15-5-1)31-26-32(30-16-6-2-7-17-30)28-34(27-31)44-38-23-13-11-21-36(38)42-40(44)25-24-39-41(42)35-20-10-12-22-37(35)43(39)33-18-8-3-9-19-33/h1-10,12,14-20,22,24-28H,11,13,21,23H2. The molecule has 0 radical (unpaired) electrons. The molecule has 0 amide bonds. The Morgan fingerprint density at radius 1 is 0.386 bits per heavy atom. The van der Waals surface area contributed by atoms with E-state index in [0.29, 0.717) is 0 Å². The highest BCUT2D eigenvalue weighted by Gasteiger charge is 2.25. The average Bonchev–Trinajstić information content (AvgIpc) is 3.62. The van der Waals surface area contributed by atoms with Crippen LogP contribution in [0.25, 0.3) is 66.3 Å². The lowest BCUT2D eigenvalue weighted by Crippen LogP contribution is -2.07. The zero-order chi connectivity index (χ0) is 29.0. The average molecular weight is 565 g/mol. The summed E-state index contributed by atoms with van der Waals surface area (Å²) in [5, 5.41) is 4.13. The van der Waals surface area contributed by atoms with E-state index in [2.05, 4.69) is 155 Å². The van der Waals surface area contributed by atoms with Gasteiger partial charge in [-0.05, 0) is 102 Å². The van der Waals surface area contributed by atoms with Crippen molar-refractivity contribution in [2.24, 2.45) is 0 Å². The predicted molar refractivity (Wildman–Crippen MR) is 185 cm³/mol. The summed E-state index contributed by atoms with van der Waals surface area (Å²) in [6.07, 6.45) is 4.67. The van der Waals surface area contributed by atoms with E-state index in [0.717, 1.165) is 12.8 Å². The molecule has 0 saturated heterocycles. The van der Waals surface area contributed by atoms with E-state index in [4.69, 9.17) is 0 Å². The van der Waals surface area contributed by atoms with Crippen LogP contribution in [0.15, 0.2) is 146 Å². The lowest BCUT2D eigenvalue weighted by Gasteiger charge is -2.18. The largest absolute Gasteiger partial charge is 0.313 e. The Kier molecular flexibility index (Phi) is 5.80. The second-order valence-corrected chi connectivity index (χ2v) is 12.0. The maximum Gasteiger partial charge on any atom is 0.0548 e. The molecule has 0 unspecified atom stereocenters. The van der Waals surface area contributed by atoms with Gasteiger partial charge in [0.15, 0.2) is 0 Å². The number of fused-ring (bicyclic) bond motifs is 7. The third kappa shape index (κ3) is 3.88. The molecular weight excluding hydrogens is 532 g/mol. The SMILES string of the molecule is c1ccc(-c2cc(-c3ccccc3)cc(-n3c4c(c5c6c7ccccc7n(-c7ccccc7)c6ccc53)CCCC4)c2)cc1. The molecule has 1 aliphatic carbocycles. The minimum absolute atomic E-state index is 1.10. The molecule has 0 bridgehead atoms. The number of benzene rings is 6. The maximum absolute atomic E-state index is 2.59. The molecule has 1 aliphatic rings. The van der Waals surface area contributed by atoms with Crippen LogP contribution in [-0.4, -0.2) is 9.13 Å². The summed E-state index contributed by atoms with van der Waals surface area (Å²) >= 11 is 0. The van der Waals surface area contributed by atoms with Gasteiger partial charge >= 0.3 is 0 Å². The highest BCUT2D eigenvalue weighted by molar-refractivity contribution is 6.22. The Morgan fingerprint density at radius 2 is 0.955 bits per heavy atom. The van der Waals surface area contributed by atoms with Crippen molar-refractivity contribution in [3.8, 4) is 33.6 Å². The topological polar surface area (TPSA) is 9.86 Å². The number of hydrogen-bond donors (Lipinski definition) is 0. The van der Waals surface area contributed by atoms with Crippen LogP contribution in [0, 0.1) is 0 Å². The van der Waals surface area contributed by atoms with Crippen LogP contribution < -0.4 is 0 Å². The van der Waals surface area contributed by atoms with E-state index in [9.17, 15) is 0 Å². The van der Waals surface area contributed by atoms with Crippen molar-refractivity contribution in [2.45, 2.75) is 25.7 Å². The summed E-state index contributed by atoms with van der Waals surface area (Å²) in [6.45, 7) is 0. The van der Waals surface area contributed by atoms with Gasteiger partial charge in [0.05, 0.1) is 16.6 Å². The van der Waals surface area contributed by atoms with Crippen molar-refractivity contribution in [2.75, 3.05) is 0 Å². The van der Waals surface area contributed by atoms with Gasteiger partial charge < -0.3 is 9.13 Å². The summed E-state index contributed by atoms with van der Waals surface area (Å²) in [4.78, 5) is 0. The van der Waals surface area contributed by atoms with Crippen LogP contribution in [0.2, 0.25) is 0 Å². The number of rotatable bonds is 4. The van der Waals surface area contributed by atoms with E-state index in [1.807, 2.05) is 0 Å². The van der Waals surface area contributed by atoms with Gasteiger partial charge in [0.2, 0.25) is 0 Å². The van der Waals surface area contributed by atoms with E-state index < -0.39 is 0 Å². The lowest BCUT2D eigenvalue weighted by molar-refractivity contribution is 0.667. The highest BCUT2D eigenvalue weighted by atomic mass is 15.0. The molecule has 44 heavy (non-hydrogen) atoms. The molecule has 0 aliphatic heterocycles. The predicted octanol–water partition coefficient (Wildman–Crippen LogP) is 10.9.